The summed E-state index contributed by atoms with van der Waals surface area (Å²) in [6, 6.07) is 0.0441. The molecule has 0 radical (unpaired) electrons. The van der Waals surface area contributed by atoms with Crippen LogP contribution in [0.3, 0.4) is 0 Å². The number of halogens is 3. The van der Waals surface area contributed by atoms with E-state index >= 15 is 0 Å². The Labute approximate surface area is 140 Å². The second-order valence-corrected chi connectivity index (χ2v) is 7.77. The Hall–Kier alpha value is -0.890. The van der Waals surface area contributed by atoms with Crippen molar-refractivity contribution < 1.29 is 18.3 Å². The van der Waals surface area contributed by atoms with Crippen molar-refractivity contribution in [3.05, 3.63) is 0 Å². The highest BCUT2D eigenvalue weighted by molar-refractivity contribution is 7.80. The summed E-state index contributed by atoms with van der Waals surface area (Å²) >= 11 is 5.14. The van der Waals surface area contributed by atoms with Crippen LogP contribution >= 0.6 is 12.2 Å². The topological polar surface area (TPSA) is 47.9 Å². The van der Waals surface area contributed by atoms with Crippen molar-refractivity contribution in [2.75, 3.05) is 0 Å². The van der Waals surface area contributed by atoms with Gasteiger partial charge in [0, 0.05) is 23.6 Å². The minimum atomic E-state index is -4.85. The van der Waals surface area contributed by atoms with Crippen LogP contribution in [0.1, 0.15) is 59.3 Å². The van der Waals surface area contributed by atoms with Gasteiger partial charge in [-0.05, 0) is 25.1 Å². The molecule has 0 saturated heterocycles. The molecule has 132 valence electrons. The van der Waals surface area contributed by atoms with E-state index in [0.717, 1.165) is 32.1 Å². The second kappa shape index (κ2) is 6.20. The summed E-state index contributed by atoms with van der Waals surface area (Å²) in [4.78, 5) is 0. The number of hydrogen-bond donors (Lipinski definition) is 2. The van der Waals surface area contributed by atoms with Gasteiger partial charge in [-0.3, -0.25) is 0 Å². The van der Waals surface area contributed by atoms with Gasteiger partial charge in [-0.15, -0.1) is 0 Å². The van der Waals surface area contributed by atoms with Crippen LogP contribution in [0.4, 0.5) is 13.2 Å². The fourth-order valence-electron chi connectivity index (χ4n) is 2.88. The van der Waals surface area contributed by atoms with Gasteiger partial charge >= 0.3 is 6.18 Å². The zero-order valence-electron chi connectivity index (χ0n) is 13.7. The van der Waals surface area contributed by atoms with Crippen molar-refractivity contribution in [3.8, 4) is 0 Å². The summed E-state index contributed by atoms with van der Waals surface area (Å²) in [6.45, 7) is 5.30. The minimum absolute atomic E-state index is 0.0441. The predicted octanol–water partition coefficient (Wildman–Crippen LogP) is 3.55. The maximum Gasteiger partial charge on any atom is 0.438 e. The highest BCUT2D eigenvalue weighted by atomic mass is 32.1. The Balaban J connectivity index is 2.23. The van der Waals surface area contributed by atoms with Crippen LogP contribution in [0.5, 0.6) is 0 Å². The van der Waals surface area contributed by atoms with E-state index in [1.807, 2.05) is 0 Å². The van der Waals surface area contributed by atoms with Crippen molar-refractivity contribution in [2.45, 2.75) is 77.2 Å². The third-order valence-electron chi connectivity index (χ3n) is 4.43. The van der Waals surface area contributed by atoms with Crippen LogP contribution in [0.25, 0.3) is 0 Å². The van der Waals surface area contributed by atoms with E-state index in [2.05, 4.69) is 10.4 Å². The second-order valence-electron chi connectivity index (χ2n) is 7.38. The standard InChI is InChI=1S/C15H24F3N3OS/c1-13(2,3)11-9-14(22,15(16,17)18)21(20-11)12(23)19-10-7-5-4-6-8-10/h10,22H,4-9H2,1-3H3,(H,19,23). The molecule has 4 nitrogen and oxygen atoms in total. The minimum Gasteiger partial charge on any atom is -0.362 e. The molecule has 1 saturated carbocycles. The lowest BCUT2D eigenvalue weighted by Crippen LogP contribution is -2.59. The number of aliphatic hydroxyl groups is 1. The molecule has 2 N–H and O–H groups in total. The number of alkyl halides is 3. The van der Waals surface area contributed by atoms with Gasteiger partial charge in [0.05, 0.1) is 0 Å². The van der Waals surface area contributed by atoms with E-state index < -0.39 is 23.7 Å². The number of rotatable bonds is 1. The van der Waals surface area contributed by atoms with Gasteiger partial charge in [-0.25, -0.2) is 0 Å². The molecule has 0 aromatic carbocycles. The highest BCUT2D eigenvalue weighted by Gasteiger charge is 2.63. The van der Waals surface area contributed by atoms with Crippen molar-refractivity contribution in [1.82, 2.24) is 10.3 Å². The molecular formula is C15H24F3N3OS. The SMILES string of the molecule is CC(C)(C)C1=NN(C(=S)NC2CCCCC2)C(O)(C(F)(F)F)C1. The molecule has 1 aliphatic heterocycles. The van der Waals surface area contributed by atoms with E-state index in [-0.39, 0.29) is 16.9 Å². The number of thiocarbonyl (C=S) groups is 1. The van der Waals surface area contributed by atoms with Gasteiger partial charge in [0.1, 0.15) is 0 Å². The summed E-state index contributed by atoms with van der Waals surface area (Å²) in [5.74, 6) is 0. The van der Waals surface area contributed by atoms with E-state index in [0.29, 0.717) is 5.01 Å². The lowest BCUT2D eigenvalue weighted by atomic mass is 9.86. The van der Waals surface area contributed by atoms with Crippen LogP contribution < -0.4 is 5.32 Å². The summed E-state index contributed by atoms with van der Waals surface area (Å²) in [6.07, 6.45) is -0.509. The van der Waals surface area contributed by atoms with Crippen molar-refractivity contribution in [2.24, 2.45) is 10.5 Å². The van der Waals surface area contributed by atoms with E-state index in [9.17, 15) is 18.3 Å². The Bertz CT molecular complexity index is 495. The molecule has 0 spiro atoms. The molecule has 0 aromatic heterocycles. The van der Waals surface area contributed by atoms with Gasteiger partial charge < -0.3 is 10.4 Å². The molecule has 1 fully saturated rings. The first-order valence-corrected chi connectivity index (χ1v) is 8.34. The van der Waals surface area contributed by atoms with Crippen molar-refractivity contribution >= 4 is 23.0 Å². The molecule has 2 aliphatic rings. The van der Waals surface area contributed by atoms with Gasteiger partial charge in [-0.2, -0.15) is 23.3 Å². The van der Waals surface area contributed by atoms with Gasteiger partial charge in [-0.1, -0.05) is 40.0 Å². The maximum atomic E-state index is 13.4. The average molecular weight is 351 g/mol. The molecular weight excluding hydrogens is 327 g/mol. The van der Waals surface area contributed by atoms with Crippen LogP contribution in [-0.2, 0) is 0 Å². The number of hydrazone groups is 1. The molecule has 1 unspecified atom stereocenters. The first kappa shape index (κ1) is 18.4. The molecule has 1 aliphatic carbocycles. The first-order valence-electron chi connectivity index (χ1n) is 7.93. The zero-order valence-corrected chi connectivity index (χ0v) is 14.5. The first-order chi connectivity index (χ1) is 10.4. The van der Waals surface area contributed by atoms with E-state index in [1.54, 1.807) is 20.8 Å². The number of nitrogens with zero attached hydrogens (tertiary/aromatic N) is 2. The molecule has 1 heterocycles. The molecule has 23 heavy (non-hydrogen) atoms. The van der Waals surface area contributed by atoms with Gasteiger partial charge in [0.2, 0.25) is 0 Å². The Morgan fingerprint density at radius 3 is 2.30 bits per heavy atom. The molecule has 0 bridgehead atoms. The molecule has 1 atom stereocenters. The van der Waals surface area contributed by atoms with Crippen molar-refractivity contribution in [3.63, 3.8) is 0 Å². The van der Waals surface area contributed by atoms with Gasteiger partial charge in [0.25, 0.3) is 5.72 Å². The summed E-state index contributed by atoms with van der Waals surface area (Å²) in [5.41, 5.74) is -3.37. The number of nitrogens with one attached hydrogen (secondary N) is 1. The van der Waals surface area contributed by atoms with E-state index in [4.69, 9.17) is 12.2 Å². The third kappa shape index (κ3) is 3.79. The van der Waals surface area contributed by atoms with Crippen molar-refractivity contribution in [1.29, 1.82) is 0 Å². The van der Waals surface area contributed by atoms with Gasteiger partial charge in [0.15, 0.2) is 5.11 Å². The molecule has 2 rings (SSSR count). The largest absolute Gasteiger partial charge is 0.438 e. The summed E-state index contributed by atoms with van der Waals surface area (Å²) in [7, 11) is 0. The third-order valence-corrected chi connectivity index (χ3v) is 4.72. The summed E-state index contributed by atoms with van der Waals surface area (Å²) < 4.78 is 40.3. The monoisotopic (exact) mass is 351 g/mol. The summed E-state index contributed by atoms with van der Waals surface area (Å²) in [5, 5.41) is 17.6. The van der Waals surface area contributed by atoms with E-state index in [1.165, 1.54) is 0 Å². The Morgan fingerprint density at radius 1 is 1.26 bits per heavy atom. The fourth-order valence-corrected chi connectivity index (χ4v) is 3.24. The predicted molar refractivity (Wildman–Crippen MR) is 87.0 cm³/mol. The lowest BCUT2D eigenvalue weighted by molar-refractivity contribution is -0.294. The lowest BCUT2D eigenvalue weighted by Gasteiger charge is -2.36. The maximum absolute atomic E-state index is 13.4. The molecule has 0 aromatic rings. The molecule has 8 heteroatoms. The normalized spacial score (nSPS) is 27.1. The quantitative estimate of drug-likeness (QED) is 0.709. The Morgan fingerprint density at radius 2 is 1.83 bits per heavy atom. The van der Waals surface area contributed by atoms with Crippen LogP contribution in [-0.4, -0.2) is 38.9 Å². The fraction of sp³-hybridized carbons (Fsp3) is 0.867. The van der Waals surface area contributed by atoms with Crippen LogP contribution in [0.15, 0.2) is 5.10 Å². The zero-order chi connectivity index (χ0) is 17.5. The number of hydrogen-bond acceptors (Lipinski definition) is 3. The highest BCUT2D eigenvalue weighted by Crippen LogP contribution is 2.43. The van der Waals surface area contributed by atoms with Crippen LogP contribution in [0, 0.1) is 5.41 Å². The van der Waals surface area contributed by atoms with Crippen LogP contribution in [0.2, 0.25) is 0 Å². The average Bonchev–Trinajstić information content (AvgIpc) is 2.79. The smallest absolute Gasteiger partial charge is 0.362 e. The Kier molecular flexibility index (Phi) is 4.97. The molecule has 0 amide bonds.